The van der Waals surface area contributed by atoms with Gasteiger partial charge in [-0.15, -0.1) is 0 Å². The van der Waals surface area contributed by atoms with Crippen molar-refractivity contribution in [3.8, 4) is 5.75 Å². The molecule has 0 atom stereocenters. The molecule has 2 fully saturated rings. The highest BCUT2D eigenvalue weighted by molar-refractivity contribution is 5.91. The van der Waals surface area contributed by atoms with Crippen molar-refractivity contribution in [2.45, 2.75) is 96.0 Å². The van der Waals surface area contributed by atoms with Crippen LogP contribution in [0, 0.1) is 5.92 Å². The molecule has 0 aliphatic heterocycles. The van der Waals surface area contributed by atoms with Gasteiger partial charge in [-0.05, 0) is 73.8 Å². The maximum Gasteiger partial charge on any atom is 0.420 e. The highest BCUT2D eigenvalue weighted by Crippen LogP contribution is 2.43. The van der Waals surface area contributed by atoms with E-state index < -0.39 is 11.7 Å². The number of fused-ring (bicyclic) bond motifs is 1. The van der Waals surface area contributed by atoms with Crippen molar-refractivity contribution in [2.75, 3.05) is 0 Å². The van der Waals surface area contributed by atoms with Gasteiger partial charge < -0.3 is 10.1 Å². The van der Waals surface area contributed by atoms with Crippen molar-refractivity contribution in [1.29, 1.82) is 0 Å². The highest BCUT2D eigenvalue weighted by Gasteiger charge is 2.37. The molecule has 2 saturated carbocycles. The van der Waals surface area contributed by atoms with Gasteiger partial charge in [0.2, 0.25) is 0 Å². The molecular weight excluding hydrogens is 399 g/mol. The minimum absolute atomic E-state index is 0.0242. The second-order valence-corrected chi connectivity index (χ2v) is 9.92. The minimum Gasteiger partial charge on any atom is -0.490 e. The standard InChI is InChI=1S/C26H34F3NO/c1-18-9-11-20(12-10-18)31-23-14-13-21-19(17-30-25(2)15-4-3-5-16-25)7-6-8-22(21)24(23)26(27,28)29/h6-8,13-14,18,20,30H,3-5,9-12,15-17H2,1-2H3. The third-order valence-corrected chi connectivity index (χ3v) is 7.32. The fraction of sp³-hybridized carbons (Fsp3) is 0.615. The van der Waals surface area contributed by atoms with Gasteiger partial charge in [0.05, 0.1) is 6.10 Å². The summed E-state index contributed by atoms with van der Waals surface area (Å²) in [6.45, 7) is 5.00. The first-order valence-corrected chi connectivity index (χ1v) is 11.8. The number of hydrogen-bond donors (Lipinski definition) is 1. The molecule has 0 amide bonds. The van der Waals surface area contributed by atoms with Crippen molar-refractivity contribution in [2.24, 2.45) is 5.92 Å². The summed E-state index contributed by atoms with van der Waals surface area (Å²) in [7, 11) is 0. The van der Waals surface area contributed by atoms with E-state index in [-0.39, 0.29) is 22.8 Å². The van der Waals surface area contributed by atoms with Crippen LogP contribution < -0.4 is 10.1 Å². The first-order chi connectivity index (χ1) is 14.8. The number of rotatable bonds is 5. The lowest BCUT2D eigenvalue weighted by molar-refractivity contribution is -0.138. The Labute approximate surface area is 183 Å². The topological polar surface area (TPSA) is 21.3 Å². The Balaban J connectivity index is 1.63. The van der Waals surface area contributed by atoms with Gasteiger partial charge in [0.15, 0.2) is 0 Å². The summed E-state index contributed by atoms with van der Waals surface area (Å²) < 4.78 is 48.4. The van der Waals surface area contributed by atoms with E-state index in [1.807, 2.05) is 12.1 Å². The number of benzene rings is 2. The van der Waals surface area contributed by atoms with Crippen LogP contribution in [-0.2, 0) is 12.7 Å². The minimum atomic E-state index is -4.46. The van der Waals surface area contributed by atoms with Crippen LogP contribution in [0.15, 0.2) is 30.3 Å². The molecule has 5 heteroatoms. The van der Waals surface area contributed by atoms with Crippen LogP contribution in [0.4, 0.5) is 13.2 Å². The normalized spacial score (nSPS) is 24.3. The zero-order valence-electron chi connectivity index (χ0n) is 18.7. The molecule has 0 radical (unpaired) electrons. The van der Waals surface area contributed by atoms with E-state index in [0.717, 1.165) is 44.1 Å². The van der Waals surface area contributed by atoms with Gasteiger partial charge in [0.25, 0.3) is 0 Å². The van der Waals surface area contributed by atoms with E-state index in [1.54, 1.807) is 12.1 Å². The van der Waals surface area contributed by atoms with Gasteiger partial charge in [-0.1, -0.05) is 50.5 Å². The zero-order valence-corrected chi connectivity index (χ0v) is 18.7. The second kappa shape index (κ2) is 9.01. The molecule has 0 unspecified atom stereocenters. The number of nitrogens with one attached hydrogen (secondary N) is 1. The van der Waals surface area contributed by atoms with Crippen LogP contribution in [0.3, 0.4) is 0 Å². The van der Waals surface area contributed by atoms with Crippen LogP contribution in [0.2, 0.25) is 0 Å². The van der Waals surface area contributed by atoms with Gasteiger partial charge in [0, 0.05) is 12.1 Å². The van der Waals surface area contributed by atoms with Crippen molar-refractivity contribution in [1.82, 2.24) is 5.32 Å². The first-order valence-electron chi connectivity index (χ1n) is 11.8. The lowest BCUT2D eigenvalue weighted by Crippen LogP contribution is -2.43. The van der Waals surface area contributed by atoms with E-state index in [4.69, 9.17) is 4.74 Å². The summed E-state index contributed by atoms with van der Waals surface area (Å²) >= 11 is 0. The van der Waals surface area contributed by atoms with E-state index >= 15 is 0 Å². The first kappa shape index (κ1) is 22.4. The molecule has 0 aromatic heterocycles. The lowest BCUT2D eigenvalue weighted by Gasteiger charge is -2.35. The van der Waals surface area contributed by atoms with E-state index in [9.17, 15) is 13.2 Å². The maximum absolute atomic E-state index is 14.2. The van der Waals surface area contributed by atoms with Gasteiger partial charge >= 0.3 is 6.18 Å². The van der Waals surface area contributed by atoms with Gasteiger partial charge in [-0.3, -0.25) is 0 Å². The Morgan fingerprint density at radius 1 is 0.968 bits per heavy atom. The third kappa shape index (κ3) is 5.19. The number of hydrogen-bond acceptors (Lipinski definition) is 2. The van der Waals surface area contributed by atoms with Crippen LogP contribution in [0.5, 0.6) is 5.75 Å². The van der Waals surface area contributed by atoms with Gasteiger partial charge in [-0.2, -0.15) is 13.2 Å². The maximum atomic E-state index is 14.2. The predicted molar refractivity (Wildman–Crippen MR) is 119 cm³/mol. The zero-order chi connectivity index (χ0) is 22.1. The molecule has 0 saturated heterocycles. The predicted octanol–water partition coefficient (Wildman–Crippen LogP) is 7.63. The Bertz CT molecular complexity index is 893. The van der Waals surface area contributed by atoms with E-state index in [2.05, 4.69) is 19.2 Å². The molecule has 0 spiro atoms. The van der Waals surface area contributed by atoms with Gasteiger partial charge in [0.1, 0.15) is 11.3 Å². The molecule has 2 nitrogen and oxygen atoms in total. The quantitative estimate of drug-likeness (QED) is 0.523. The number of ether oxygens (including phenoxy) is 1. The van der Waals surface area contributed by atoms with E-state index in [0.29, 0.717) is 17.8 Å². The largest absolute Gasteiger partial charge is 0.490 e. The van der Waals surface area contributed by atoms with E-state index in [1.165, 1.54) is 25.3 Å². The monoisotopic (exact) mass is 433 g/mol. The van der Waals surface area contributed by atoms with Crippen molar-refractivity contribution in [3.63, 3.8) is 0 Å². The Kier molecular flexibility index (Phi) is 6.52. The second-order valence-electron chi connectivity index (χ2n) is 9.92. The van der Waals surface area contributed by atoms with Crippen molar-refractivity contribution in [3.05, 3.63) is 41.5 Å². The molecule has 2 aromatic carbocycles. The van der Waals surface area contributed by atoms with Crippen molar-refractivity contribution >= 4 is 10.8 Å². The number of alkyl halides is 3. The Morgan fingerprint density at radius 3 is 2.35 bits per heavy atom. The average Bonchev–Trinajstić information content (AvgIpc) is 2.73. The molecule has 4 rings (SSSR count). The fourth-order valence-corrected chi connectivity index (χ4v) is 5.29. The molecule has 0 bridgehead atoms. The van der Waals surface area contributed by atoms with Gasteiger partial charge in [-0.25, -0.2) is 0 Å². The molecule has 0 heterocycles. The SMILES string of the molecule is CC1CCC(Oc2ccc3c(CNC4(C)CCCCC4)cccc3c2C(F)(F)F)CC1. The van der Waals surface area contributed by atoms with Crippen LogP contribution in [-0.4, -0.2) is 11.6 Å². The Hall–Kier alpha value is -1.75. The molecule has 1 N–H and O–H groups in total. The smallest absolute Gasteiger partial charge is 0.420 e. The molecule has 2 aromatic rings. The summed E-state index contributed by atoms with van der Waals surface area (Å²) in [5, 5.41) is 4.53. The lowest BCUT2D eigenvalue weighted by atomic mass is 9.83. The summed E-state index contributed by atoms with van der Waals surface area (Å²) in [4.78, 5) is 0. The molecule has 31 heavy (non-hydrogen) atoms. The number of halogens is 3. The molecule has 2 aliphatic carbocycles. The van der Waals surface area contributed by atoms with Crippen molar-refractivity contribution < 1.29 is 17.9 Å². The third-order valence-electron chi connectivity index (χ3n) is 7.32. The molecule has 170 valence electrons. The summed E-state index contributed by atoms with van der Waals surface area (Å²) in [6.07, 6.45) is 4.97. The Morgan fingerprint density at radius 2 is 1.68 bits per heavy atom. The van der Waals surface area contributed by atoms with Crippen LogP contribution >= 0.6 is 0 Å². The average molecular weight is 434 g/mol. The highest BCUT2D eigenvalue weighted by atomic mass is 19.4. The summed E-state index contributed by atoms with van der Waals surface area (Å²) in [5.41, 5.74) is 0.344. The fourth-order valence-electron chi connectivity index (χ4n) is 5.29. The molecular formula is C26H34F3NO. The van der Waals surface area contributed by atoms with Crippen LogP contribution in [0.1, 0.15) is 82.8 Å². The summed E-state index contributed by atoms with van der Waals surface area (Å²) in [6, 6.07) is 8.61. The molecule has 2 aliphatic rings. The van der Waals surface area contributed by atoms with Crippen LogP contribution in [0.25, 0.3) is 10.8 Å². The summed E-state index contributed by atoms with van der Waals surface area (Å²) in [5.74, 6) is 0.600.